The molecule has 0 saturated carbocycles. The van der Waals surface area contributed by atoms with E-state index < -0.39 is 0 Å². The smallest absolute Gasteiger partial charge is 0.240 e. The number of benzene rings is 2. The van der Waals surface area contributed by atoms with E-state index in [0.29, 0.717) is 0 Å². The normalized spacial score (nSPS) is 16.5. The highest BCUT2D eigenvalue weighted by molar-refractivity contribution is 9.10. The van der Waals surface area contributed by atoms with Crippen LogP contribution >= 0.6 is 15.9 Å². The predicted molar refractivity (Wildman–Crippen MR) is 111 cm³/mol. The topological polar surface area (TPSA) is 35.9 Å². The molecule has 0 fully saturated rings. The number of anilines is 1. The van der Waals surface area contributed by atoms with Crippen LogP contribution in [0.25, 0.3) is 0 Å². The first-order valence-corrected chi connectivity index (χ1v) is 9.81. The molecule has 26 heavy (non-hydrogen) atoms. The lowest BCUT2D eigenvalue weighted by Gasteiger charge is -2.21. The SMILES string of the molecule is CCN(CC)c1ccc(C2=NN(C(C)=O)[C@@H](c3ccc(Br)cc3)C2)cc1. The van der Waals surface area contributed by atoms with Crippen molar-refractivity contribution < 1.29 is 4.79 Å². The Morgan fingerprint density at radius 3 is 2.27 bits per heavy atom. The minimum Gasteiger partial charge on any atom is -0.372 e. The van der Waals surface area contributed by atoms with Crippen molar-refractivity contribution in [2.24, 2.45) is 5.10 Å². The molecule has 4 nitrogen and oxygen atoms in total. The minimum absolute atomic E-state index is 0.0346. The Labute approximate surface area is 163 Å². The zero-order valence-corrected chi connectivity index (χ0v) is 17.0. The van der Waals surface area contributed by atoms with Gasteiger partial charge in [-0.15, -0.1) is 0 Å². The van der Waals surface area contributed by atoms with Crippen LogP contribution < -0.4 is 4.90 Å². The monoisotopic (exact) mass is 413 g/mol. The summed E-state index contributed by atoms with van der Waals surface area (Å²) in [6.07, 6.45) is 0.728. The average molecular weight is 414 g/mol. The van der Waals surface area contributed by atoms with E-state index in [-0.39, 0.29) is 11.9 Å². The van der Waals surface area contributed by atoms with Crippen molar-refractivity contribution in [2.45, 2.75) is 33.2 Å². The molecule has 0 N–H and O–H groups in total. The molecule has 0 spiro atoms. The maximum Gasteiger partial charge on any atom is 0.240 e. The summed E-state index contributed by atoms with van der Waals surface area (Å²) in [7, 11) is 0. The van der Waals surface area contributed by atoms with E-state index in [1.165, 1.54) is 5.69 Å². The summed E-state index contributed by atoms with van der Waals surface area (Å²) in [4.78, 5) is 14.4. The average Bonchev–Trinajstić information content (AvgIpc) is 3.10. The van der Waals surface area contributed by atoms with Gasteiger partial charge in [-0.1, -0.05) is 40.2 Å². The lowest BCUT2D eigenvalue weighted by atomic mass is 9.98. The highest BCUT2D eigenvalue weighted by Crippen LogP contribution is 2.33. The first-order valence-electron chi connectivity index (χ1n) is 9.01. The van der Waals surface area contributed by atoms with Crippen LogP contribution in [0.5, 0.6) is 0 Å². The molecule has 2 aromatic rings. The molecule has 0 aromatic heterocycles. The van der Waals surface area contributed by atoms with E-state index in [2.05, 4.69) is 64.0 Å². The Hall–Kier alpha value is -2.14. The Kier molecular flexibility index (Phi) is 5.77. The fraction of sp³-hybridized carbons (Fsp3) is 0.333. The number of halogens is 1. The van der Waals surface area contributed by atoms with Crippen LogP contribution in [0.15, 0.2) is 58.1 Å². The van der Waals surface area contributed by atoms with Crippen molar-refractivity contribution in [1.82, 2.24) is 5.01 Å². The van der Waals surface area contributed by atoms with Gasteiger partial charge in [0.1, 0.15) is 0 Å². The molecule has 0 aliphatic carbocycles. The van der Waals surface area contributed by atoms with Crippen LogP contribution in [-0.2, 0) is 4.79 Å². The molecular formula is C21H24BrN3O. The number of carbonyl (C=O) groups excluding carboxylic acids is 1. The number of hydrazone groups is 1. The maximum atomic E-state index is 12.1. The van der Waals surface area contributed by atoms with E-state index in [1.54, 1.807) is 11.9 Å². The quantitative estimate of drug-likeness (QED) is 0.691. The van der Waals surface area contributed by atoms with E-state index in [0.717, 1.165) is 40.8 Å². The first kappa shape index (κ1) is 18.6. The Morgan fingerprint density at radius 1 is 1.12 bits per heavy atom. The van der Waals surface area contributed by atoms with Gasteiger partial charge in [-0.3, -0.25) is 4.79 Å². The van der Waals surface area contributed by atoms with Crippen LogP contribution in [0.2, 0.25) is 0 Å². The molecule has 1 aliphatic rings. The second kappa shape index (κ2) is 8.04. The van der Waals surface area contributed by atoms with Crippen LogP contribution in [0.3, 0.4) is 0 Å². The fourth-order valence-corrected chi connectivity index (χ4v) is 3.64. The van der Waals surface area contributed by atoms with Gasteiger partial charge in [-0.25, -0.2) is 5.01 Å². The first-order chi connectivity index (χ1) is 12.5. The predicted octanol–water partition coefficient (Wildman–Crippen LogP) is 4.99. The molecule has 1 atom stereocenters. The van der Waals surface area contributed by atoms with Crippen molar-refractivity contribution in [1.29, 1.82) is 0 Å². The van der Waals surface area contributed by atoms with Gasteiger partial charge in [-0.2, -0.15) is 5.10 Å². The third-order valence-corrected chi connectivity index (χ3v) is 5.35. The lowest BCUT2D eigenvalue weighted by Crippen LogP contribution is -2.24. The van der Waals surface area contributed by atoms with Crippen molar-refractivity contribution in [3.8, 4) is 0 Å². The molecule has 2 aromatic carbocycles. The van der Waals surface area contributed by atoms with Gasteiger partial charge in [-0.05, 0) is 49.2 Å². The molecule has 5 heteroatoms. The number of amides is 1. The van der Waals surface area contributed by atoms with E-state index in [4.69, 9.17) is 0 Å². The number of rotatable bonds is 5. The van der Waals surface area contributed by atoms with Crippen LogP contribution in [0.1, 0.15) is 44.4 Å². The van der Waals surface area contributed by atoms with Gasteiger partial charge >= 0.3 is 0 Å². The third kappa shape index (κ3) is 3.83. The Bertz CT molecular complexity index is 795. The number of nitrogens with zero attached hydrogens (tertiary/aromatic N) is 3. The summed E-state index contributed by atoms with van der Waals surface area (Å²) < 4.78 is 1.03. The van der Waals surface area contributed by atoms with Gasteiger partial charge in [0.05, 0.1) is 11.8 Å². The Morgan fingerprint density at radius 2 is 1.73 bits per heavy atom. The number of hydrogen-bond donors (Lipinski definition) is 0. The van der Waals surface area contributed by atoms with Gasteiger partial charge in [0, 0.05) is 36.6 Å². The van der Waals surface area contributed by atoms with Crippen molar-refractivity contribution in [2.75, 3.05) is 18.0 Å². The molecule has 1 amide bonds. The second-order valence-electron chi connectivity index (χ2n) is 6.40. The lowest BCUT2D eigenvalue weighted by molar-refractivity contribution is -0.130. The summed E-state index contributed by atoms with van der Waals surface area (Å²) in [5.41, 5.74) is 4.35. The minimum atomic E-state index is -0.0435. The molecule has 3 rings (SSSR count). The van der Waals surface area contributed by atoms with Gasteiger partial charge in [0.25, 0.3) is 0 Å². The molecule has 0 unspecified atom stereocenters. The highest BCUT2D eigenvalue weighted by atomic mass is 79.9. The molecule has 0 bridgehead atoms. The zero-order valence-electron chi connectivity index (χ0n) is 15.4. The summed E-state index contributed by atoms with van der Waals surface area (Å²) in [6.45, 7) is 7.86. The van der Waals surface area contributed by atoms with Crippen molar-refractivity contribution in [3.05, 3.63) is 64.1 Å². The molecule has 0 radical (unpaired) electrons. The fourth-order valence-electron chi connectivity index (χ4n) is 3.37. The highest BCUT2D eigenvalue weighted by Gasteiger charge is 2.31. The van der Waals surface area contributed by atoms with Crippen LogP contribution in [-0.4, -0.2) is 29.7 Å². The maximum absolute atomic E-state index is 12.1. The molecule has 1 aliphatic heterocycles. The largest absolute Gasteiger partial charge is 0.372 e. The molecule has 1 heterocycles. The van der Waals surface area contributed by atoms with Crippen LogP contribution in [0.4, 0.5) is 5.69 Å². The van der Waals surface area contributed by atoms with E-state index in [1.807, 2.05) is 24.3 Å². The van der Waals surface area contributed by atoms with Crippen molar-refractivity contribution in [3.63, 3.8) is 0 Å². The summed E-state index contributed by atoms with van der Waals surface area (Å²) in [5.74, 6) is -0.0346. The third-order valence-electron chi connectivity index (χ3n) is 4.82. The Balaban J connectivity index is 1.85. The van der Waals surface area contributed by atoms with E-state index >= 15 is 0 Å². The number of hydrogen-bond acceptors (Lipinski definition) is 3. The molecule has 0 saturated heterocycles. The molecular weight excluding hydrogens is 390 g/mol. The van der Waals surface area contributed by atoms with Gasteiger partial charge < -0.3 is 4.90 Å². The van der Waals surface area contributed by atoms with E-state index in [9.17, 15) is 4.79 Å². The summed E-state index contributed by atoms with van der Waals surface area (Å²) in [6, 6.07) is 16.5. The standard InChI is InChI=1S/C21H24BrN3O/c1-4-24(5-2)19-12-8-16(9-13-19)20-14-21(25(23-20)15(3)26)17-6-10-18(22)11-7-17/h6-13,21H,4-5,14H2,1-3H3/t21-/m1/s1. The number of carbonyl (C=O) groups is 1. The van der Waals surface area contributed by atoms with Gasteiger partial charge in [0.15, 0.2) is 0 Å². The van der Waals surface area contributed by atoms with Crippen LogP contribution in [0, 0.1) is 0 Å². The molecule has 136 valence electrons. The van der Waals surface area contributed by atoms with Crippen molar-refractivity contribution >= 4 is 33.2 Å². The summed E-state index contributed by atoms with van der Waals surface area (Å²) >= 11 is 3.46. The summed E-state index contributed by atoms with van der Waals surface area (Å²) in [5, 5.41) is 6.24. The van der Waals surface area contributed by atoms with Gasteiger partial charge in [0.2, 0.25) is 5.91 Å². The zero-order chi connectivity index (χ0) is 18.7. The second-order valence-corrected chi connectivity index (χ2v) is 7.32.